The van der Waals surface area contributed by atoms with E-state index < -0.39 is 30.1 Å². The Kier molecular flexibility index (Phi) is 3.65. The number of carboxylic acids is 1. The first-order chi connectivity index (χ1) is 6.97. The van der Waals surface area contributed by atoms with Gasteiger partial charge in [-0.3, -0.25) is 4.79 Å². The van der Waals surface area contributed by atoms with Crippen molar-refractivity contribution in [3.8, 4) is 0 Å². The topological polar surface area (TPSA) is 104 Å². The molecule has 0 aromatic heterocycles. The van der Waals surface area contributed by atoms with Crippen molar-refractivity contribution in [1.82, 2.24) is 4.90 Å². The molecule has 86 valence electrons. The first-order valence-electron chi connectivity index (χ1n) is 4.94. The number of aliphatic hydroxyl groups is 1. The van der Waals surface area contributed by atoms with Gasteiger partial charge in [0.1, 0.15) is 6.04 Å². The number of aliphatic carboxylic acids is 1. The number of carboxylic acid groups (broad SMARTS) is 1. The summed E-state index contributed by atoms with van der Waals surface area (Å²) in [6.45, 7) is 1.81. The van der Waals surface area contributed by atoms with Crippen molar-refractivity contribution in [3.63, 3.8) is 0 Å². The van der Waals surface area contributed by atoms with E-state index in [2.05, 4.69) is 0 Å². The second-order valence-electron chi connectivity index (χ2n) is 3.75. The van der Waals surface area contributed by atoms with Gasteiger partial charge in [-0.2, -0.15) is 0 Å². The molecule has 1 fully saturated rings. The van der Waals surface area contributed by atoms with Gasteiger partial charge in [0.15, 0.2) is 0 Å². The molecule has 1 aliphatic heterocycles. The minimum Gasteiger partial charge on any atom is -0.480 e. The maximum Gasteiger partial charge on any atom is 0.326 e. The number of hydrogen-bond donors (Lipinski definition) is 3. The van der Waals surface area contributed by atoms with Crippen LogP contribution >= 0.6 is 0 Å². The van der Waals surface area contributed by atoms with Crippen LogP contribution in [0.15, 0.2) is 0 Å². The van der Waals surface area contributed by atoms with Crippen molar-refractivity contribution in [1.29, 1.82) is 0 Å². The van der Waals surface area contributed by atoms with E-state index in [1.165, 1.54) is 0 Å². The quantitative estimate of drug-likeness (QED) is 0.548. The molecular weight excluding hydrogens is 200 g/mol. The number of carbonyl (C=O) groups is 2. The fraction of sp³-hybridized carbons (Fsp3) is 0.778. The smallest absolute Gasteiger partial charge is 0.326 e. The Bertz CT molecular complexity index is 269. The van der Waals surface area contributed by atoms with E-state index in [1.54, 1.807) is 6.92 Å². The van der Waals surface area contributed by atoms with E-state index in [4.69, 9.17) is 10.8 Å². The third-order valence-corrected chi connectivity index (χ3v) is 2.60. The molecule has 6 nitrogen and oxygen atoms in total. The molecular formula is C9H16N2O4. The van der Waals surface area contributed by atoms with E-state index in [0.717, 1.165) is 4.90 Å². The van der Waals surface area contributed by atoms with Crippen LogP contribution < -0.4 is 5.73 Å². The van der Waals surface area contributed by atoms with Crippen LogP contribution in [0.5, 0.6) is 0 Å². The van der Waals surface area contributed by atoms with E-state index in [9.17, 15) is 14.7 Å². The Balaban J connectivity index is 2.75. The Morgan fingerprint density at radius 1 is 1.60 bits per heavy atom. The van der Waals surface area contributed by atoms with Gasteiger partial charge in [-0.1, -0.05) is 6.92 Å². The molecule has 0 aliphatic carbocycles. The SMILES string of the molecule is CC[C@@H](N)C(=O)N1CC(O)CC1C(=O)O. The van der Waals surface area contributed by atoms with Crippen molar-refractivity contribution < 1.29 is 19.8 Å². The van der Waals surface area contributed by atoms with E-state index in [-0.39, 0.29) is 13.0 Å². The van der Waals surface area contributed by atoms with Gasteiger partial charge in [-0.25, -0.2) is 4.79 Å². The molecule has 1 amide bonds. The summed E-state index contributed by atoms with van der Waals surface area (Å²) in [6.07, 6.45) is -0.228. The molecule has 0 bridgehead atoms. The maximum atomic E-state index is 11.7. The number of aliphatic hydroxyl groups excluding tert-OH is 1. The molecule has 2 unspecified atom stereocenters. The highest BCUT2D eigenvalue weighted by Gasteiger charge is 2.39. The van der Waals surface area contributed by atoms with Crippen LogP contribution in [-0.2, 0) is 9.59 Å². The Labute approximate surface area is 87.7 Å². The second-order valence-corrected chi connectivity index (χ2v) is 3.75. The summed E-state index contributed by atoms with van der Waals surface area (Å²) < 4.78 is 0. The van der Waals surface area contributed by atoms with Gasteiger partial charge in [-0.15, -0.1) is 0 Å². The van der Waals surface area contributed by atoms with Crippen LogP contribution in [0.4, 0.5) is 0 Å². The number of nitrogens with zero attached hydrogens (tertiary/aromatic N) is 1. The molecule has 0 spiro atoms. The van der Waals surface area contributed by atoms with Gasteiger partial charge < -0.3 is 20.8 Å². The van der Waals surface area contributed by atoms with E-state index in [1.807, 2.05) is 0 Å². The van der Waals surface area contributed by atoms with Gasteiger partial charge in [0.25, 0.3) is 0 Å². The lowest BCUT2D eigenvalue weighted by atomic mass is 10.1. The lowest BCUT2D eigenvalue weighted by Crippen LogP contribution is -2.48. The van der Waals surface area contributed by atoms with Crippen molar-refractivity contribution in [2.45, 2.75) is 38.0 Å². The van der Waals surface area contributed by atoms with Crippen LogP contribution in [-0.4, -0.2) is 51.7 Å². The van der Waals surface area contributed by atoms with Crippen molar-refractivity contribution >= 4 is 11.9 Å². The molecule has 1 rings (SSSR count). The number of likely N-dealkylation sites (tertiary alicyclic amines) is 1. The summed E-state index contributed by atoms with van der Waals surface area (Å²) in [5.74, 6) is -1.50. The van der Waals surface area contributed by atoms with Crippen molar-refractivity contribution in [2.75, 3.05) is 6.54 Å². The fourth-order valence-corrected chi connectivity index (χ4v) is 1.68. The first kappa shape index (κ1) is 11.9. The molecule has 1 saturated heterocycles. The average Bonchev–Trinajstić information content (AvgIpc) is 2.58. The number of carbonyl (C=O) groups excluding carboxylic acids is 1. The second kappa shape index (κ2) is 4.59. The molecule has 0 aromatic rings. The third-order valence-electron chi connectivity index (χ3n) is 2.60. The molecule has 6 heteroatoms. The largest absolute Gasteiger partial charge is 0.480 e. The fourth-order valence-electron chi connectivity index (χ4n) is 1.68. The minimum atomic E-state index is -1.09. The minimum absolute atomic E-state index is 0.0590. The monoisotopic (exact) mass is 216 g/mol. The Hall–Kier alpha value is -1.14. The van der Waals surface area contributed by atoms with Crippen LogP contribution in [0.1, 0.15) is 19.8 Å². The van der Waals surface area contributed by atoms with Crippen LogP contribution in [0.3, 0.4) is 0 Å². The summed E-state index contributed by atoms with van der Waals surface area (Å²) in [5, 5.41) is 18.2. The predicted molar refractivity (Wildman–Crippen MR) is 52.0 cm³/mol. The van der Waals surface area contributed by atoms with Gasteiger partial charge in [0.2, 0.25) is 5.91 Å². The normalized spacial score (nSPS) is 27.8. The predicted octanol–water partition coefficient (Wildman–Crippen LogP) is -1.23. The summed E-state index contributed by atoms with van der Waals surface area (Å²) in [5.41, 5.74) is 5.54. The molecule has 1 heterocycles. The number of nitrogens with two attached hydrogens (primary N) is 1. The zero-order chi connectivity index (χ0) is 11.6. The van der Waals surface area contributed by atoms with Crippen LogP contribution in [0.2, 0.25) is 0 Å². The van der Waals surface area contributed by atoms with E-state index in [0.29, 0.717) is 6.42 Å². The summed E-state index contributed by atoms with van der Waals surface area (Å²) in [6, 6.07) is -1.62. The summed E-state index contributed by atoms with van der Waals surface area (Å²) in [4.78, 5) is 23.6. The summed E-state index contributed by atoms with van der Waals surface area (Å²) in [7, 11) is 0. The lowest BCUT2D eigenvalue weighted by molar-refractivity contribution is -0.148. The number of rotatable bonds is 3. The third kappa shape index (κ3) is 2.45. The Morgan fingerprint density at radius 3 is 2.67 bits per heavy atom. The average molecular weight is 216 g/mol. The van der Waals surface area contributed by atoms with E-state index >= 15 is 0 Å². The zero-order valence-corrected chi connectivity index (χ0v) is 8.59. The van der Waals surface area contributed by atoms with Gasteiger partial charge >= 0.3 is 5.97 Å². The van der Waals surface area contributed by atoms with Gasteiger partial charge in [-0.05, 0) is 6.42 Å². The Morgan fingerprint density at radius 2 is 2.20 bits per heavy atom. The standard InChI is InChI=1S/C9H16N2O4/c1-2-6(10)8(13)11-4-5(12)3-7(11)9(14)15/h5-7,12H,2-4,10H2,1H3,(H,14,15)/t5?,6-,7?/m1/s1. The summed E-state index contributed by atoms with van der Waals surface area (Å²) >= 11 is 0. The molecule has 0 aromatic carbocycles. The molecule has 15 heavy (non-hydrogen) atoms. The van der Waals surface area contributed by atoms with Crippen molar-refractivity contribution in [2.24, 2.45) is 5.73 Å². The van der Waals surface area contributed by atoms with Crippen LogP contribution in [0, 0.1) is 0 Å². The number of hydrogen-bond acceptors (Lipinski definition) is 4. The highest BCUT2D eigenvalue weighted by molar-refractivity contribution is 5.87. The number of amides is 1. The number of β-amino-alcohol motifs (C(OH)–C–C–N with tert-alkyl or cyclic N) is 1. The first-order valence-corrected chi connectivity index (χ1v) is 4.94. The molecule has 3 atom stereocenters. The van der Waals surface area contributed by atoms with Gasteiger partial charge in [0.05, 0.1) is 12.1 Å². The molecule has 4 N–H and O–H groups in total. The van der Waals surface area contributed by atoms with Gasteiger partial charge in [0, 0.05) is 13.0 Å². The van der Waals surface area contributed by atoms with Crippen molar-refractivity contribution in [3.05, 3.63) is 0 Å². The highest BCUT2D eigenvalue weighted by atomic mass is 16.4. The molecule has 0 radical (unpaired) electrons. The maximum absolute atomic E-state index is 11.7. The molecule has 0 saturated carbocycles. The zero-order valence-electron chi connectivity index (χ0n) is 8.59. The van der Waals surface area contributed by atoms with Crippen LogP contribution in [0.25, 0.3) is 0 Å². The highest BCUT2D eigenvalue weighted by Crippen LogP contribution is 2.19. The lowest BCUT2D eigenvalue weighted by Gasteiger charge is -2.23. The molecule has 1 aliphatic rings.